The molecule has 1 aromatic rings. The number of rotatable bonds is 3. The van der Waals surface area contributed by atoms with Crippen LogP contribution in [0.4, 0.5) is 0 Å². The first-order valence-electron chi connectivity index (χ1n) is 5.90. The second-order valence-electron chi connectivity index (χ2n) is 4.23. The van der Waals surface area contributed by atoms with E-state index in [1.165, 1.54) is 31.4 Å². The van der Waals surface area contributed by atoms with Gasteiger partial charge in [0.1, 0.15) is 17.5 Å². The zero-order chi connectivity index (χ0) is 11.4. The van der Waals surface area contributed by atoms with Gasteiger partial charge in [0, 0.05) is 12.5 Å². The Morgan fingerprint density at radius 2 is 2.06 bits per heavy atom. The second-order valence-corrected chi connectivity index (χ2v) is 4.23. The smallest absolute Gasteiger partial charge is 0.131 e. The molecule has 0 aliphatic carbocycles. The van der Waals surface area contributed by atoms with Gasteiger partial charge in [-0.25, -0.2) is 0 Å². The first kappa shape index (κ1) is 11.3. The van der Waals surface area contributed by atoms with Crippen LogP contribution in [0.2, 0.25) is 0 Å². The Kier molecular flexibility index (Phi) is 3.67. The lowest BCUT2D eigenvalue weighted by atomic mass is 9.96. The van der Waals surface area contributed by atoms with E-state index >= 15 is 0 Å². The Balaban J connectivity index is 2.24. The molecule has 3 heteroatoms. The van der Waals surface area contributed by atoms with Crippen molar-refractivity contribution in [3.63, 3.8) is 0 Å². The predicted molar refractivity (Wildman–Crippen MR) is 62.9 cm³/mol. The summed E-state index contributed by atoms with van der Waals surface area (Å²) in [7, 11) is 3.41. The molecule has 16 heavy (non-hydrogen) atoms. The molecule has 0 radical (unpaired) electrons. The van der Waals surface area contributed by atoms with E-state index in [2.05, 4.69) is 11.4 Å². The Morgan fingerprint density at radius 3 is 2.69 bits per heavy atom. The number of hydrogen-bond acceptors (Lipinski definition) is 2. The molecule has 1 aliphatic heterocycles. The molecule has 1 atom stereocenters. The van der Waals surface area contributed by atoms with Crippen LogP contribution in [0, 0.1) is 0 Å². The summed E-state index contributed by atoms with van der Waals surface area (Å²) in [6, 6.07) is 6.66. The first-order chi connectivity index (χ1) is 7.85. The van der Waals surface area contributed by atoms with Crippen molar-refractivity contribution in [3.05, 3.63) is 23.8 Å². The highest BCUT2D eigenvalue weighted by Crippen LogP contribution is 2.30. The maximum absolute atomic E-state index is 5.44. The SMILES string of the molecule is COc1ccc([C@H]2CCCC[NH2+]2)c(OC)c1. The summed E-state index contributed by atoms with van der Waals surface area (Å²) >= 11 is 0. The molecule has 0 unspecified atom stereocenters. The number of hydrogen-bond donors (Lipinski definition) is 1. The Hall–Kier alpha value is -1.22. The van der Waals surface area contributed by atoms with Crippen molar-refractivity contribution < 1.29 is 14.8 Å². The van der Waals surface area contributed by atoms with Gasteiger partial charge in [-0.2, -0.15) is 0 Å². The summed E-state index contributed by atoms with van der Waals surface area (Å²) in [6.45, 7) is 1.22. The van der Waals surface area contributed by atoms with Gasteiger partial charge in [-0.3, -0.25) is 0 Å². The Bertz CT molecular complexity index is 346. The topological polar surface area (TPSA) is 35.1 Å². The van der Waals surface area contributed by atoms with Crippen LogP contribution in [-0.4, -0.2) is 20.8 Å². The van der Waals surface area contributed by atoms with E-state index in [1.807, 2.05) is 12.1 Å². The summed E-state index contributed by atoms with van der Waals surface area (Å²) in [5.74, 6) is 1.80. The van der Waals surface area contributed by atoms with Crippen molar-refractivity contribution in [2.45, 2.75) is 25.3 Å². The average Bonchev–Trinajstić information content (AvgIpc) is 2.39. The maximum atomic E-state index is 5.44. The van der Waals surface area contributed by atoms with Crippen LogP contribution in [0.3, 0.4) is 0 Å². The van der Waals surface area contributed by atoms with E-state index in [9.17, 15) is 0 Å². The molecule has 2 rings (SSSR count). The fourth-order valence-corrected chi connectivity index (χ4v) is 2.35. The van der Waals surface area contributed by atoms with E-state index in [0.29, 0.717) is 6.04 Å². The van der Waals surface area contributed by atoms with Crippen molar-refractivity contribution in [2.75, 3.05) is 20.8 Å². The summed E-state index contributed by atoms with van der Waals surface area (Å²) < 4.78 is 10.6. The largest absolute Gasteiger partial charge is 0.497 e. The standard InChI is InChI=1S/C13H19NO2/c1-15-10-6-7-11(13(9-10)16-2)12-5-3-4-8-14-12/h6-7,9,12,14H,3-5,8H2,1-2H3/p+1/t12-/m1/s1. The van der Waals surface area contributed by atoms with Gasteiger partial charge in [0.05, 0.1) is 26.3 Å². The number of ether oxygens (including phenoxy) is 2. The first-order valence-corrected chi connectivity index (χ1v) is 5.90. The number of quaternary nitrogens is 1. The molecule has 1 heterocycles. The van der Waals surface area contributed by atoms with Crippen LogP contribution in [0.25, 0.3) is 0 Å². The number of benzene rings is 1. The highest BCUT2D eigenvalue weighted by Gasteiger charge is 2.22. The number of piperidine rings is 1. The quantitative estimate of drug-likeness (QED) is 0.841. The Morgan fingerprint density at radius 1 is 1.19 bits per heavy atom. The molecule has 2 N–H and O–H groups in total. The van der Waals surface area contributed by atoms with Crippen LogP contribution in [-0.2, 0) is 0 Å². The highest BCUT2D eigenvalue weighted by atomic mass is 16.5. The number of methoxy groups -OCH3 is 2. The lowest BCUT2D eigenvalue weighted by molar-refractivity contribution is -0.704. The minimum absolute atomic E-state index is 0.551. The van der Waals surface area contributed by atoms with Gasteiger partial charge in [-0.1, -0.05) is 0 Å². The molecule has 0 saturated carbocycles. The van der Waals surface area contributed by atoms with Crippen molar-refractivity contribution in [1.82, 2.24) is 0 Å². The highest BCUT2D eigenvalue weighted by molar-refractivity contribution is 5.41. The van der Waals surface area contributed by atoms with Crippen LogP contribution in [0.5, 0.6) is 11.5 Å². The lowest BCUT2D eigenvalue weighted by Crippen LogP contribution is -2.86. The molecule has 0 spiro atoms. The third-order valence-electron chi connectivity index (χ3n) is 3.26. The zero-order valence-corrected chi connectivity index (χ0v) is 10.0. The number of nitrogens with two attached hydrogens (primary N) is 1. The lowest BCUT2D eigenvalue weighted by Gasteiger charge is -2.22. The monoisotopic (exact) mass is 222 g/mol. The molecule has 0 amide bonds. The average molecular weight is 222 g/mol. The molecular formula is C13H20NO2+. The molecule has 3 nitrogen and oxygen atoms in total. The van der Waals surface area contributed by atoms with Gasteiger partial charge in [-0.15, -0.1) is 0 Å². The molecule has 1 aliphatic rings. The minimum atomic E-state index is 0.551. The Labute approximate surface area is 96.8 Å². The van der Waals surface area contributed by atoms with Gasteiger partial charge in [-0.05, 0) is 25.0 Å². The fraction of sp³-hybridized carbons (Fsp3) is 0.538. The van der Waals surface area contributed by atoms with Crippen molar-refractivity contribution in [3.8, 4) is 11.5 Å². The summed E-state index contributed by atoms with van der Waals surface area (Å²) in [5.41, 5.74) is 1.29. The fourth-order valence-electron chi connectivity index (χ4n) is 2.35. The van der Waals surface area contributed by atoms with Crippen molar-refractivity contribution >= 4 is 0 Å². The molecular weight excluding hydrogens is 202 g/mol. The van der Waals surface area contributed by atoms with Crippen LogP contribution >= 0.6 is 0 Å². The van der Waals surface area contributed by atoms with Crippen LogP contribution < -0.4 is 14.8 Å². The van der Waals surface area contributed by atoms with Crippen molar-refractivity contribution in [1.29, 1.82) is 0 Å². The van der Waals surface area contributed by atoms with E-state index in [-0.39, 0.29) is 0 Å². The van der Waals surface area contributed by atoms with E-state index < -0.39 is 0 Å². The van der Waals surface area contributed by atoms with Crippen molar-refractivity contribution in [2.24, 2.45) is 0 Å². The molecule has 0 bridgehead atoms. The van der Waals surface area contributed by atoms with Gasteiger partial charge in [0.15, 0.2) is 0 Å². The minimum Gasteiger partial charge on any atom is -0.497 e. The van der Waals surface area contributed by atoms with Gasteiger partial charge in [0.2, 0.25) is 0 Å². The van der Waals surface area contributed by atoms with E-state index in [4.69, 9.17) is 9.47 Å². The van der Waals surface area contributed by atoms with E-state index in [1.54, 1.807) is 14.2 Å². The van der Waals surface area contributed by atoms with Gasteiger partial charge in [0.25, 0.3) is 0 Å². The molecule has 1 saturated heterocycles. The van der Waals surface area contributed by atoms with Crippen LogP contribution in [0.15, 0.2) is 18.2 Å². The van der Waals surface area contributed by atoms with Gasteiger partial charge < -0.3 is 14.8 Å². The molecule has 1 fully saturated rings. The van der Waals surface area contributed by atoms with Gasteiger partial charge >= 0.3 is 0 Å². The maximum Gasteiger partial charge on any atom is 0.131 e. The normalized spacial score (nSPS) is 20.5. The van der Waals surface area contributed by atoms with E-state index in [0.717, 1.165) is 11.5 Å². The zero-order valence-electron chi connectivity index (χ0n) is 10.0. The predicted octanol–water partition coefficient (Wildman–Crippen LogP) is 1.49. The molecule has 0 aromatic heterocycles. The summed E-state index contributed by atoms with van der Waals surface area (Å²) in [4.78, 5) is 0. The third-order valence-corrected chi connectivity index (χ3v) is 3.26. The third kappa shape index (κ3) is 2.30. The molecule has 88 valence electrons. The molecule has 1 aromatic carbocycles. The summed E-state index contributed by atoms with van der Waals surface area (Å²) in [6.07, 6.45) is 3.88. The van der Waals surface area contributed by atoms with Crippen LogP contribution in [0.1, 0.15) is 30.9 Å². The second kappa shape index (κ2) is 5.21. The summed E-state index contributed by atoms with van der Waals surface area (Å²) in [5, 5.41) is 2.41.